The number of aromatic nitrogens is 5. The zero-order valence-corrected chi connectivity index (χ0v) is 24.7. The van der Waals surface area contributed by atoms with Crippen LogP contribution in [-0.2, 0) is 38.5 Å². The normalized spacial score (nSPS) is 13.2. The molecule has 2 aromatic carbocycles. The Kier molecular flexibility index (Phi) is 8.96. The third kappa shape index (κ3) is 6.49. The monoisotopic (exact) mass is 600 g/mol. The van der Waals surface area contributed by atoms with Gasteiger partial charge in [-0.2, -0.15) is 10.1 Å². The predicted molar refractivity (Wildman–Crippen MR) is 165 cm³/mol. The zero-order chi connectivity index (χ0) is 30.5. The number of fused-ring (bicyclic) bond motifs is 3. The topological polar surface area (TPSA) is 170 Å². The molecule has 13 nitrogen and oxygen atoms in total. The molecule has 6 rings (SSSR count). The van der Waals surface area contributed by atoms with Gasteiger partial charge in [0.25, 0.3) is 6.01 Å². The van der Waals surface area contributed by atoms with Crippen LogP contribution < -0.4 is 11.5 Å². The van der Waals surface area contributed by atoms with Gasteiger partial charge in [-0.15, -0.1) is 0 Å². The Morgan fingerprint density at radius 3 is 2.64 bits per heavy atom. The summed E-state index contributed by atoms with van der Waals surface area (Å²) in [6, 6.07) is 12.0. The van der Waals surface area contributed by atoms with Crippen molar-refractivity contribution in [2.45, 2.75) is 32.9 Å². The largest absolute Gasteiger partial charge is 0.424 e. The fourth-order valence-corrected chi connectivity index (χ4v) is 5.43. The fraction of sp³-hybridized carbons (Fsp3) is 0.387. The first-order valence-corrected chi connectivity index (χ1v) is 14.7. The highest BCUT2D eigenvalue weighted by atomic mass is 16.5. The van der Waals surface area contributed by atoms with Crippen molar-refractivity contribution >= 4 is 39.9 Å². The van der Waals surface area contributed by atoms with E-state index >= 15 is 0 Å². The molecule has 0 bridgehead atoms. The second-order valence-electron chi connectivity index (χ2n) is 10.5. The molecular formula is C31H36N8O5. The Bertz CT molecular complexity index is 1770. The summed E-state index contributed by atoms with van der Waals surface area (Å²) in [6.45, 7) is 6.84. The van der Waals surface area contributed by atoms with Crippen molar-refractivity contribution < 1.29 is 23.4 Å². The predicted octanol–water partition coefficient (Wildman–Crippen LogP) is 3.19. The van der Waals surface area contributed by atoms with Gasteiger partial charge in [-0.3, -0.25) is 4.79 Å². The summed E-state index contributed by atoms with van der Waals surface area (Å²) in [4.78, 5) is 27.7. The van der Waals surface area contributed by atoms with Crippen LogP contribution in [0.5, 0.6) is 0 Å². The number of oxazole rings is 1. The lowest BCUT2D eigenvalue weighted by Crippen LogP contribution is -2.36. The van der Waals surface area contributed by atoms with Crippen molar-refractivity contribution in [2.24, 2.45) is 0 Å². The van der Waals surface area contributed by atoms with E-state index in [0.717, 1.165) is 23.1 Å². The number of carbonyl (C=O) groups is 1. The quantitative estimate of drug-likeness (QED) is 0.190. The molecule has 13 heteroatoms. The van der Waals surface area contributed by atoms with E-state index in [2.05, 4.69) is 33.2 Å². The second-order valence-corrected chi connectivity index (χ2v) is 10.5. The molecule has 0 saturated carbocycles. The number of nitrogens with two attached hydrogens (primary N) is 2. The lowest BCUT2D eigenvalue weighted by atomic mass is 9.97. The Labute approximate surface area is 254 Å². The number of nitrogens with zero attached hydrogens (tertiary/aromatic N) is 6. The number of nitrogen functional groups attached to an aromatic ring is 2. The van der Waals surface area contributed by atoms with Crippen molar-refractivity contribution in [1.29, 1.82) is 0 Å². The van der Waals surface area contributed by atoms with Crippen molar-refractivity contribution in [1.82, 2.24) is 29.6 Å². The van der Waals surface area contributed by atoms with Crippen molar-refractivity contribution in [3.05, 3.63) is 59.4 Å². The van der Waals surface area contributed by atoms with Crippen LogP contribution in [0.15, 0.2) is 47.1 Å². The fourth-order valence-electron chi connectivity index (χ4n) is 5.43. The molecule has 44 heavy (non-hydrogen) atoms. The number of benzene rings is 2. The number of rotatable bonds is 13. The Hall–Kier alpha value is -4.59. The van der Waals surface area contributed by atoms with Gasteiger partial charge >= 0.3 is 0 Å². The molecular weight excluding hydrogens is 564 g/mol. The Balaban J connectivity index is 1.10. The van der Waals surface area contributed by atoms with Crippen LogP contribution in [0, 0.1) is 0 Å². The van der Waals surface area contributed by atoms with Crippen LogP contribution in [0.3, 0.4) is 0 Å². The molecule has 1 aliphatic rings. The first kappa shape index (κ1) is 29.5. The highest BCUT2D eigenvalue weighted by Crippen LogP contribution is 2.33. The molecule has 0 spiro atoms. The molecule has 4 N–H and O–H groups in total. The molecule has 3 aromatic heterocycles. The van der Waals surface area contributed by atoms with Crippen LogP contribution in [-0.4, -0.2) is 81.7 Å². The molecule has 1 aliphatic heterocycles. The lowest BCUT2D eigenvalue weighted by molar-refractivity contribution is -0.133. The summed E-state index contributed by atoms with van der Waals surface area (Å²) in [5.74, 6) is 0.443. The number of hydrogen-bond donors (Lipinski definition) is 2. The van der Waals surface area contributed by atoms with Crippen molar-refractivity contribution in [3.63, 3.8) is 0 Å². The van der Waals surface area contributed by atoms with Crippen LogP contribution in [0.2, 0.25) is 0 Å². The van der Waals surface area contributed by atoms with Gasteiger partial charge in [-0.05, 0) is 48.2 Å². The minimum atomic E-state index is 0.0938. The highest BCUT2D eigenvalue weighted by Gasteiger charge is 2.22. The number of carbonyl (C=O) groups excluding carboxylic acids is 1. The van der Waals surface area contributed by atoms with Gasteiger partial charge < -0.3 is 35.0 Å². The molecule has 0 saturated heterocycles. The van der Waals surface area contributed by atoms with Crippen LogP contribution >= 0.6 is 0 Å². The summed E-state index contributed by atoms with van der Waals surface area (Å²) < 4.78 is 23.5. The molecule has 0 atom stereocenters. The summed E-state index contributed by atoms with van der Waals surface area (Å²) in [7, 11) is 0. The maximum atomic E-state index is 12.8. The lowest BCUT2D eigenvalue weighted by Gasteiger charge is -2.29. The first-order valence-electron chi connectivity index (χ1n) is 14.7. The number of amides is 1. The van der Waals surface area contributed by atoms with Crippen molar-refractivity contribution in [3.8, 4) is 11.3 Å². The number of hydrogen-bond acceptors (Lipinski definition) is 11. The van der Waals surface area contributed by atoms with E-state index in [1.54, 1.807) is 0 Å². The molecule has 0 aliphatic carbocycles. The summed E-state index contributed by atoms with van der Waals surface area (Å²) in [5, 5.41) is 5.58. The molecule has 1 amide bonds. The molecule has 5 aromatic rings. The van der Waals surface area contributed by atoms with E-state index in [9.17, 15) is 4.79 Å². The Morgan fingerprint density at radius 2 is 1.80 bits per heavy atom. The minimum absolute atomic E-state index is 0.0938. The third-order valence-corrected chi connectivity index (χ3v) is 7.61. The van der Waals surface area contributed by atoms with E-state index < -0.39 is 0 Å². The molecule has 0 radical (unpaired) electrons. The Morgan fingerprint density at radius 1 is 0.977 bits per heavy atom. The van der Waals surface area contributed by atoms with E-state index in [4.69, 9.17) is 35.2 Å². The van der Waals surface area contributed by atoms with Crippen LogP contribution in [0.1, 0.15) is 30.0 Å². The standard InChI is InChI=1S/C31H36N8O5/c1-2-41-11-12-43-14-13-42-10-8-26(40)38-9-7-21-15-20(3-4-23(21)18-38)17-39-30-27(29(32)34-19-35-30)28(37-39)22-5-6-25-24(16-22)36-31(33)44-25/h3-6,15-16,19H,2,7-14,17-18H2,1H3,(H2,33,36)(H2,32,34,35). The molecule has 0 unspecified atom stereocenters. The summed E-state index contributed by atoms with van der Waals surface area (Å²) >= 11 is 0. The number of anilines is 2. The maximum Gasteiger partial charge on any atom is 0.292 e. The second kappa shape index (κ2) is 13.4. The average molecular weight is 601 g/mol. The van der Waals surface area contributed by atoms with Gasteiger partial charge in [0.1, 0.15) is 23.4 Å². The zero-order valence-electron chi connectivity index (χ0n) is 24.7. The van der Waals surface area contributed by atoms with Gasteiger partial charge in [0.2, 0.25) is 5.91 Å². The van der Waals surface area contributed by atoms with Crippen LogP contribution in [0.25, 0.3) is 33.4 Å². The van der Waals surface area contributed by atoms with E-state index in [0.29, 0.717) is 99.3 Å². The number of ether oxygens (including phenoxy) is 3. The van der Waals surface area contributed by atoms with Crippen LogP contribution in [0.4, 0.5) is 11.8 Å². The highest BCUT2D eigenvalue weighted by molar-refractivity contribution is 5.99. The van der Waals surface area contributed by atoms with Gasteiger partial charge in [0.15, 0.2) is 11.2 Å². The average Bonchev–Trinajstić information content (AvgIpc) is 3.59. The smallest absolute Gasteiger partial charge is 0.292 e. The summed E-state index contributed by atoms with van der Waals surface area (Å²) in [5.41, 5.74) is 18.8. The first-order chi connectivity index (χ1) is 21.5. The maximum absolute atomic E-state index is 12.8. The van der Waals surface area contributed by atoms with Gasteiger partial charge in [-0.1, -0.05) is 18.2 Å². The molecule has 230 valence electrons. The third-order valence-electron chi connectivity index (χ3n) is 7.61. The minimum Gasteiger partial charge on any atom is -0.424 e. The SMILES string of the molecule is CCOCCOCCOCCC(=O)N1CCc2cc(Cn3nc(-c4ccc5oc(N)nc5c4)c4c(N)ncnc43)ccc2C1. The van der Waals surface area contributed by atoms with E-state index in [-0.39, 0.29) is 11.9 Å². The van der Waals surface area contributed by atoms with Crippen molar-refractivity contribution in [2.75, 3.05) is 57.7 Å². The molecule has 4 heterocycles. The molecule has 0 fully saturated rings. The van der Waals surface area contributed by atoms with Gasteiger partial charge in [0.05, 0.1) is 51.4 Å². The van der Waals surface area contributed by atoms with Gasteiger partial charge in [0, 0.05) is 25.3 Å². The summed E-state index contributed by atoms with van der Waals surface area (Å²) in [6.07, 6.45) is 2.58. The van der Waals surface area contributed by atoms with Gasteiger partial charge in [-0.25, -0.2) is 14.6 Å². The van der Waals surface area contributed by atoms with E-state index in [1.807, 2.05) is 34.7 Å². The van der Waals surface area contributed by atoms with E-state index in [1.165, 1.54) is 11.9 Å².